The Labute approximate surface area is 121 Å². The molecule has 1 aromatic rings. The van der Waals surface area contributed by atoms with Crippen molar-refractivity contribution in [3.63, 3.8) is 0 Å². The number of nitrogens with zero attached hydrogens (tertiary/aromatic N) is 2. The molecule has 1 N–H and O–H groups in total. The lowest BCUT2D eigenvalue weighted by Crippen LogP contribution is -2.25. The topological polar surface area (TPSA) is 51.0 Å². The molecule has 4 heteroatoms. The minimum absolute atomic E-state index is 0.409. The van der Waals surface area contributed by atoms with Gasteiger partial charge in [0.25, 0.3) is 0 Å². The lowest BCUT2D eigenvalue weighted by Gasteiger charge is -2.36. The van der Waals surface area contributed by atoms with Gasteiger partial charge in [-0.1, -0.05) is 31.8 Å². The summed E-state index contributed by atoms with van der Waals surface area (Å²) in [5.74, 6) is 5.29. The van der Waals surface area contributed by atoms with Gasteiger partial charge in [-0.2, -0.15) is 4.98 Å². The van der Waals surface area contributed by atoms with Crippen LogP contribution >= 0.6 is 0 Å². The van der Waals surface area contributed by atoms with Gasteiger partial charge in [-0.15, -0.1) is 6.42 Å². The first-order valence-corrected chi connectivity index (χ1v) is 7.47. The summed E-state index contributed by atoms with van der Waals surface area (Å²) in [5.41, 5.74) is 0.409. The fourth-order valence-electron chi connectivity index (χ4n) is 2.96. The molecule has 0 aromatic carbocycles. The molecule has 1 saturated carbocycles. The predicted octanol–water partition coefficient (Wildman–Crippen LogP) is 3.11. The van der Waals surface area contributed by atoms with Crippen molar-refractivity contribution in [2.75, 3.05) is 6.54 Å². The van der Waals surface area contributed by atoms with E-state index in [1.165, 1.54) is 25.7 Å². The summed E-state index contributed by atoms with van der Waals surface area (Å²) in [4.78, 5) is 4.48. The second-order valence-electron chi connectivity index (χ2n) is 6.77. The number of terminal acetylenes is 1. The molecule has 0 saturated heterocycles. The van der Waals surface area contributed by atoms with E-state index < -0.39 is 0 Å². The Kier molecular flexibility index (Phi) is 4.82. The fraction of sp³-hybridized carbons (Fsp3) is 0.750. The second-order valence-corrected chi connectivity index (χ2v) is 6.77. The second kappa shape index (κ2) is 6.41. The van der Waals surface area contributed by atoms with Crippen molar-refractivity contribution >= 4 is 0 Å². The molecule has 1 aliphatic rings. The Morgan fingerprint density at radius 2 is 2.00 bits per heavy atom. The Bertz CT molecular complexity index is 459. The molecular formula is C16H25N3O. The van der Waals surface area contributed by atoms with Crippen molar-refractivity contribution in [1.29, 1.82) is 0 Å². The van der Waals surface area contributed by atoms with Gasteiger partial charge in [-0.3, -0.25) is 5.32 Å². The quantitative estimate of drug-likeness (QED) is 0.677. The van der Waals surface area contributed by atoms with E-state index in [9.17, 15) is 0 Å². The molecular weight excluding hydrogens is 250 g/mol. The molecule has 110 valence electrons. The molecule has 4 nitrogen and oxygen atoms in total. The van der Waals surface area contributed by atoms with Crippen molar-refractivity contribution in [2.24, 2.45) is 11.3 Å². The van der Waals surface area contributed by atoms with E-state index in [2.05, 4.69) is 42.1 Å². The van der Waals surface area contributed by atoms with Gasteiger partial charge in [-0.25, -0.2) is 0 Å². The molecule has 0 atom stereocenters. The zero-order valence-corrected chi connectivity index (χ0v) is 12.8. The third kappa shape index (κ3) is 3.83. The van der Waals surface area contributed by atoms with E-state index in [0.717, 1.165) is 11.7 Å². The van der Waals surface area contributed by atoms with E-state index in [-0.39, 0.29) is 0 Å². The smallest absolute Gasteiger partial charge is 0.240 e. The zero-order valence-electron chi connectivity index (χ0n) is 12.8. The van der Waals surface area contributed by atoms with Crippen molar-refractivity contribution in [2.45, 2.75) is 58.9 Å². The van der Waals surface area contributed by atoms with E-state index in [1.54, 1.807) is 0 Å². The molecule has 0 bridgehead atoms. The fourth-order valence-corrected chi connectivity index (χ4v) is 2.96. The number of nitrogens with one attached hydrogen (secondary N) is 1. The third-order valence-electron chi connectivity index (χ3n) is 4.30. The predicted molar refractivity (Wildman–Crippen MR) is 79.0 cm³/mol. The summed E-state index contributed by atoms with van der Waals surface area (Å²) in [6.45, 7) is 8.08. The van der Waals surface area contributed by atoms with Gasteiger partial charge < -0.3 is 4.52 Å². The number of rotatable bonds is 4. The maximum absolute atomic E-state index is 5.27. The Hall–Kier alpha value is -1.34. The van der Waals surface area contributed by atoms with E-state index in [0.29, 0.717) is 30.3 Å². The summed E-state index contributed by atoms with van der Waals surface area (Å²) in [6.07, 6.45) is 10.0. The zero-order chi connectivity index (χ0) is 14.6. The van der Waals surface area contributed by atoms with Crippen LogP contribution in [0.3, 0.4) is 0 Å². The van der Waals surface area contributed by atoms with Crippen LogP contribution in [-0.4, -0.2) is 16.7 Å². The number of aromatic nitrogens is 2. The van der Waals surface area contributed by atoms with Gasteiger partial charge in [0.1, 0.15) is 0 Å². The van der Waals surface area contributed by atoms with Crippen molar-refractivity contribution in [3.05, 3.63) is 11.7 Å². The third-order valence-corrected chi connectivity index (χ3v) is 4.30. The van der Waals surface area contributed by atoms with Gasteiger partial charge >= 0.3 is 0 Å². The first kappa shape index (κ1) is 15.1. The first-order chi connectivity index (χ1) is 9.50. The van der Waals surface area contributed by atoms with Crippen LogP contribution in [-0.2, 0) is 6.54 Å². The van der Waals surface area contributed by atoms with Gasteiger partial charge in [0.2, 0.25) is 5.89 Å². The molecule has 2 rings (SSSR count). The largest absolute Gasteiger partial charge is 0.338 e. The highest BCUT2D eigenvalue weighted by Gasteiger charge is 2.31. The highest BCUT2D eigenvalue weighted by atomic mass is 16.5. The van der Waals surface area contributed by atoms with Crippen LogP contribution < -0.4 is 5.32 Å². The summed E-state index contributed by atoms with van der Waals surface area (Å²) >= 11 is 0. The van der Waals surface area contributed by atoms with Gasteiger partial charge in [0, 0.05) is 5.92 Å². The van der Waals surface area contributed by atoms with Crippen LogP contribution in [0.15, 0.2) is 4.52 Å². The molecule has 0 aliphatic heterocycles. The highest BCUT2D eigenvalue weighted by Crippen LogP contribution is 2.42. The monoisotopic (exact) mass is 275 g/mol. The Balaban J connectivity index is 1.86. The summed E-state index contributed by atoms with van der Waals surface area (Å²) in [5, 5.41) is 7.19. The van der Waals surface area contributed by atoms with Crippen molar-refractivity contribution in [3.8, 4) is 12.3 Å². The van der Waals surface area contributed by atoms with Crippen molar-refractivity contribution in [1.82, 2.24) is 15.5 Å². The van der Waals surface area contributed by atoms with Gasteiger partial charge in [0.05, 0.1) is 13.1 Å². The summed E-state index contributed by atoms with van der Waals surface area (Å²) in [6, 6.07) is 0. The molecule has 0 unspecified atom stereocenters. The molecule has 0 amide bonds. The molecule has 1 aromatic heterocycles. The maximum Gasteiger partial charge on any atom is 0.240 e. The minimum atomic E-state index is 0.409. The molecule has 20 heavy (non-hydrogen) atoms. The van der Waals surface area contributed by atoms with Crippen LogP contribution in [0.1, 0.15) is 64.1 Å². The van der Waals surface area contributed by atoms with Gasteiger partial charge in [-0.05, 0) is 37.0 Å². The standard InChI is InChI=1S/C16H25N3O/c1-5-10-17-11-14-18-15(19-20-14)12-6-8-13(9-7-12)16(2,3)4/h1,12-13,17H,6-11H2,2-4H3. The molecule has 1 aliphatic carbocycles. The average molecular weight is 275 g/mol. The summed E-state index contributed by atoms with van der Waals surface area (Å²) < 4.78 is 5.27. The normalized spacial score (nSPS) is 23.5. The minimum Gasteiger partial charge on any atom is -0.338 e. The highest BCUT2D eigenvalue weighted by molar-refractivity contribution is 4.99. The lowest BCUT2D eigenvalue weighted by atomic mass is 9.70. The van der Waals surface area contributed by atoms with Crippen LogP contribution in [0.25, 0.3) is 0 Å². The van der Waals surface area contributed by atoms with Crippen LogP contribution in [0.4, 0.5) is 0 Å². The molecule has 1 heterocycles. The number of hydrogen-bond acceptors (Lipinski definition) is 4. The van der Waals surface area contributed by atoms with E-state index >= 15 is 0 Å². The van der Waals surface area contributed by atoms with Crippen LogP contribution in [0, 0.1) is 23.7 Å². The van der Waals surface area contributed by atoms with E-state index in [1.807, 2.05) is 0 Å². The SMILES string of the molecule is C#CCNCc1nc(C2CCC(C(C)(C)C)CC2)no1. The van der Waals surface area contributed by atoms with Gasteiger partial charge in [0.15, 0.2) is 5.82 Å². The van der Waals surface area contributed by atoms with E-state index in [4.69, 9.17) is 10.9 Å². The summed E-state index contributed by atoms with van der Waals surface area (Å²) in [7, 11) is 0. The number of hydrogen-bond donors (Lipinski definition) is 1. The van der Waals surface area contributed by atoms with Crippen molar-refractivity contribution < 1.29 is 4.52 Å². The first-order valence-electron chi connectivity index (χ1n) is 7.47. The lowest BCUT2D eigenvalue weighted by molar-refractivity contribution is 0.166. The molecule has 1 fully saturated rings. The molecule has 0 radical (unpaired) electrons. The Morgan fingerprint density at radius 3 is 2.60 bits per heavy atom. The Morgan fingerprint density at radius 1 is 1.30 bits per heavy atom. The average Bonchev–Trinajstić information content (AvgIpc) is 2.87. The van der Waals surface area contributed by atoms with Crippen LogP contribution in [0.5, 0.6) is 0 Å². The molecule has 0 spiro atoms. The maximum atomic E-state index is 5.27. The van der Waals surface area contributed by atoms with Crippen LogP contribution in [0.2, 0.25) is 0 Å².